The molecule has 2 aromatic rings. The molecule has 0 fully saturated rings. The standard InChI is InChI=1S/C18H22N2/c1-14-7-2-4-10-16(14)18(13-19)20-12-6-9-15-8-3-5-11-17(15)20/h2-5,7-8,10-11,18H,6,9,12-13,19H2,1H3. The molecule has 2 N–H and O–H groups in total. The smallest absolute Gasteiger partial charge is 0.0667 e. The molecule has 0 amide bonds. The van der Waals surface area contributed by atoms with Crippen molar-refractivity contribution in [3.63, 3.8) is 0 Å². The van der Waals surface area contributed by atoms with Gasteiger partial charge in [0, 0.05) is 18.8 Å². The summed E-state index contributed by atoms with van der Waals surface area (Å²) in [5, 5.41) is 0. The van der Waals surface area contributed by atoms with Gasteiger partial charge in [0.05, 0.1) is 6.04 Å². The zero-order valence-electron chi connectivity index (χ0n) is 12.0. The van der Waals surface area contributed by atoms with E-state index in [1.807, 2.05) is 0 Å². The number of benzene rings is 2. The molecule has 0 saturated carbocycles. The molecule has 20 heavy (non-hydrogen) atoms. The minimum atomic E-state index is 0.276. The second kappa shape index (κ2) is 5.68. The van der Waals surface area contributed by atoms with Gasteiger partial charge in [-0.25, -0.2) is 0 Å². The van der Waals surface area contributed by atoms with Crippen LogP contribution in [0.25, 0.3) is 0 Å². The van der Waals surface area contributed by atoms with Crippen molar-refractivity contribution in [3.05, 3.63) is 65.2 Å². The van der Waals surface area contributed by atoms with E-state index in [4.69, 9.17) is 5.73 Å². The minimum Gasteiger partial charge on any atom is -0.363 e. The number of fused-ring (bicyclic) bond motifs is 1. The number of nitrogens with zero attached hydrogens (tertiary/aromatic N) is 1. The molecule has 104 valence electrons. The summed E-state index contributed by atoms with van der Waals surface area (Å²) in [4.78, 5) is 2.49. The lowest BCUT2D eigenvalue weighted by Gasteiger charge is -2.38. The molecule has 0 spiro atoms. The Morgan fingerprint density at radius 1 is 1.10 bits per heavy atom. The van der Waals surface area contributed by atoms with E-state index >= 15 is 0 Å². The lowest BCUT2D eigenvalue weighted by atomic mass is 9.95. The predicted molar refractivity (Wildman–Crippen MR) is 85.1 cm³/mol. The molecule has 0 radical (unpaired) electrons. The number of hydrogen-bond donors (Lipinski definition) is 1. The number of nitrogens with two attached hydrogens (primary N) is 1. The molecule has 3 rings (SSSR count). The molecular formula is C18H22N2. The van der Waals surface area contributed by atoms with Crippen molar-refractivity contribution in [3.8, 4) is 0 Å². The molecule has 0 bridgehead atoms. The van der Waals surface area contributed by atoms with Crippen molar-refractivity contribution in [2.45, 2.75) is 25.8 Å². The van der Waals surface area contributed by atoms with Crippen LogP contribution in [0.1, 0.15) is 29.2 Å². The van der Waals surface area contributed by atoms with Crippen LogP contribution in [0.2, 0.25) is 0 Å². The van der Waals surface area contributed by atoms with E-state index in [9.17, 15) is 0 Å². The van der Waals surface area contributed by atoms with Crippen molar-refractivity contribution in [2.24, 2.45) is 5.73 Å². The van der Waals surface area contributed by atoms with Crippen LogP contribution < -0.4 is 10.6 Å². The molecule has 1 aliphatic heterocycles. The third kappa shape index (κ3) is 2.32. The summed E-state index contributed by atoms with van der Waals surface area (Å²) in [6, 6.07) is 17.6. The average molecular weight is 266 g/mol. The summed E-state index contributed by atoms with van der Waals surface area (Å²) < 4.78 is 0. The molecular weight excluding hydrogens is 244 g/mol. The largest absolute Gasteiger partial charge is 0.363 e. The highest BCUT2D eigenvalue weighted by Crippen LogP contribution is 2.34. The lowest BCUT2D eigenvalue weighted by molar-refractivity contribution is 0.586. The van der Waals surface area contributed by atoms with Crippen LogP contribution in [-0.4, -0.2) is 13.1 Å². The SMILES string of the molecule is Cc1ccccc1C(CN)N1CCCc2ccccc21. The van der Waals surface area contributed by atoms with Gasteiger partial charge in [0.1, 0.15) is 0 Å². The normalized spacial score (nSPS) is 15.8. The number of para-hydroxylation sites is 1. The number of rotatable bonds is 3. The highest BCUT2D eigenvalue weighted by atomic mass is 15.2. The molecule has 0 aliphatic carbocycles. The van der Waals surface area contributed by atoms with E-state index in [0.29, 0.717) is 6.54 Å². The predicted octanol–water partition coefficient (Wildman–Crippen LogP) is 3.45. The summed E-state index contributed by atoms with van der Waals surface area (Å²) in [7, 11) is 0. The third-order valence-corrected chi connectivity index (χ3v) is 4.29. The Morgan fingerprint density at radius 2 is 1.85 bits per heavy atom. The first-order valence-corrected chi connectivity index (χ1v) is 7.41. The van der Waals surface area contributed by atoms with Gasteiger partial charge in [0.25, 0.3) is 0 Å². The van der Waals surface area contributed by atoms with Crippen LogP contribution in [0.5, 0.6) is 0 Å². The maximum atomic E-state index is 6.12. The van der Waals surface area contributed by atoms with Gasteiger partial charge in [-0.15, -0.1) is 0 Å². The van der Waals surface area contributed by atoms with Gasteiger partial charge in [0.2, 0.25) is 0 Å². The number of aryl methyl sites for hydroxylation is 2. The van der Waals surface area contributed by atoms with E-state index in [1.54, 1.807) is 0 Å². The first-order valence-electron chi connectivity index (χ1n) is 7.41. The minimum absolute atomic E-state index is 0.276. The summed E-state index contributed by atoms with van der Waals surface area (Å²) in [6.07, 6.45) is 2.39. The van der Waals surface area contributed by atoms with Crippen LogP contribution in [0.15, 0.2) is 48.5 Å². The van der Waals surface area contributed by atoms with Gasteiger partial charge < -0.3 is 10.6 Å². The van der Waals surface area contributed by atoms with Crippen LogP contribution in [-0.2, 0) is 6.42 Å². The molecule has 1 heterocycles. The van der Waals surface area contributed by atoms with Crippen LogP contribution in [0.3, 0.4) is 0 Å². The Kier molecular flexibility index (Phi) is 3.75. The molecule has 1 atom stereocenters. The quantitative estimate of drug-likeness (QED) is 0.922. The van der Waals surface area contributed by atoms with Gasteiger partial charge in [-0.05, 0) is 42.5 Å². The lowest BCUT2D eigenvalue weighted by Crippen LogP contribution is -2.37. The average Bonchev–Trinajstić information content (AvgIpc) is 2.50. The van der Waals surface area contributed by atoms with Gasteiger partial charge in [-0.2, -0.15) is 0 Å². The Balaban J connectivity index is 2.01. The van der Waals surface area contributed by atoms with Gasteiger partial charge in [0.15, 0.2) is 0 Å². The van der Waals surface area contributed by atoms with Crippen molar-refractivity contribution in [1.82, 2.24) is 0 Å². The van der Waals surface area contributed by atoms with Crippen molar-refractivity contribution < 1.29 is 0 Å². The first-order chi connectivity index (χ1) is 9.81. The fourth-order valence-corrected chi connectivity index (χ4v) is 3.27. The first kappa shape index (κ1) is 13.2. The fraction of sp³-hybridized carbons (Fsp3) is 0.333. The molecule has 0 aromatic heterocycles. The van der Waals surface area contributed by atoms with Gasteiger partial charge in [-0.1, -0.05) is 42.5 Å². The highest BCUT2D eigenvalue weighted by Gasteiger charge is 2.24. The topological polar surface area (TPSA) is 29.3 Å². The van der Waals surface area contributed by atoms with E-state index in [-0.39, 0.29) is 6.04 Å². The van der Waals surface area contributed by atoms with Crippen LogP contribution in [0, 0.1) is 6.92 Å². The second-order valence-corrected chi connectivity index (χ2v) is 5.53. The van der Waals surface area contributed by atoms with Crippen LogP contribution >= 0.6 is 0 Å². The highest BCUT2D eigenvalue weighted by molar-refractivity contribution is 5.57. The summed E-state index contributed by atoms with van der Waals surface area (Å²) in [6.45, 7) is 3.92. The Bertz CT molecular complexity index is 591. The summed E-state index contributed by atoms with van der Waals surface area (Å²) >= 11 is 0. The monoisotopic (exact) mass is 266 g/mol. The molecule has 2 aromatic carbocycles. The summed E-state index contributed by atoms with van der Waals surface area (Å²) in [5.74, 6) is 0. The van der Waals surface area contributed by atoms with Crippen molar-refractivity contribution in [2.75, 3.05) is 18.0 Å². The molecule has 2 heteroatoms. The van der Waals surface area contributed by atoms with E-state index in [2.05, 4.69) is 60.4 Å². The van der Waals surface area contributed by atoms with Crippen molar-refractivity contribution >= 4 is 5.69 Å². The molecule has 2 nitrogen and oxygen atoms in total. The van der Waals surface area contributed by atoms with Gasteiger partial charge >= 0.3 is 0 Å². The Hall–Kier alpha value is -1.80. The Labute approximate surface area is 121 Å². The molecule has 0 saturated heterocycles. The van der Waals surface area contributed by atoms with E-state index < -0.39 is 0 Å². The van der Waals surface area contributed by atoms with Gasteiger partial charge in [-0.3, -0.25) is 0 Å². The van der Waals surface area contributed by atoms with Crippen LogP contribution in [0.4, 0.5) is 5.69 Å². The fourth-order valence-electron chi connectivity index (χ4n) is 3.27. The van der Waals surface area contributed by atoms with Crippen molar-refractivity contribution in [1.29, 1.82) is 0 Å². The number of anilines is 1. The summed E-state index contributed by atoms with van der Waals surface area (Å²) in [5.41, 5.74) is 11.6. The van der Waals surface area contributed by atoms with E-state index in [1.165, 1.54) is 35.2 Å². The third-order valence-electron chi connectivity index (χ3n) is 4.29. The zero-order valence-corrected chi connectivity index (χ0v) is 12.0. The zero-order chi connectivity index (χ0) is 13.9. The van der Waals surface area contributed by atoms with E-state index in [0.717, 1.165) is 6.54 Å². The second-order valence-electron chi connectivity index (χ2n) is 5.53. The maximum Gasteiger partial charge on any atom is 0.0667 e. The molecule has 1 aliphatic rings. The maximum absolute atomic E-state index is 6.12. The molecule has 1 unspecified atom stereocenters. The Morgan fingerprint density at radius 3 is 2.65 bits per heavy atom. The number of hydrogen-bond acceptors (Lipinski definition) is 2.